The molecular weight excluding hydrogens is 354 g/mol. The molecule has 0 spiro atoms. The van der Waals surface area contributed by atoms with Crippen molar-refractivity contribution in [2.45, 2.75) is 37.8 Å². The van der Waals surface area contributed by atoms with E-state index in [1.165, 1.54) is 6.33 Å². The highest BCUT2D eigenvalue weighted by Gasteiger charge is 2.25. The second-order valence-electron chi connectivity index (χ2n) is 7.11. The Balaban J connectivity index is 1.75. The molecule has 0 bridgehead atoms. The largest absolute Gasteiger partial charge is 0.383 e. The van der Waals surface area contributed by atoms with Crippen molar-refractivity contribution in [2.24, 2.45) is 5.73 Å². The first-order chi connectivity index (χ1) is 13.6. The Morgan fingerprint density at radius 2 is 1.89 bits per heavy atom. The third kappa shape index (κ3) is 3.11. The van der Waals surface area contributed by atoms with Crippen LogP contribution in [0.4, 0.5) is 5.82 Å². The standard InChI is InChI=1S/C20H21N7O/c21-10-24-14-5-7-15(8-6-14)27-9-16(17-18(22)25-11-26-20(17)27)12-1-3-13(4-2-12)19(23)28/h1-4,9,11,14-15,24H,5-8H2,(H2,23,28)(H2,22,25,26). The lowest BCUT2D eigenvalue weighted by Crippen LogP contribution is -2.30. The minimum Gasteiger partial charge on any atom is -0.383 e. The van der Waals surface area contributed by atoms with Crippen molar-refractivity contribution in [3.8, 4) is 17.3 Å². The number of hydrogen-bond donors (Lipinski definition) is 3. The van der Waals surface area contributed by atoms with Crippen LogP contribution in [-0.2, 0) is 0 Å². The minimum absolute atomic E-state index is 0.239. The first-order valence-electron chi connectivity index (χ1n) is 9.24. The second-order valence-corrected chi connectivity index (χ2v) is 7.11. The fraction of sp³-hybridized carbons (Fsp3) is 0.300. The molecule has 2 heterocycles. The van der Waals surface area contributed by atoms with Gasteiger partial charge in [0.1, 0.15) is 17.8 Å². The summed E-state index contributed by atoms with van der Waals surface area (Å²) in [5.74, 6) is -0.0304. The number of fused-ring (bicyclic) bond motifs is 1. The number of primary amides is 1. The molecule has 2 aromatic heterocycles. The highest BCUT2D eigenvalue weighted by atomic mass is 16.1. The number of nitrogens with one attached hydrogen (secondary N) is 1. The molecule has 0 saturated heterocycles. The van der Waals surface area contributed by atoms with Crippen LogP contribution in [0.15, 0.2) is 36.8 Å². The van der Waals surface area contributed by atoms with Crippen LogP contribution >= 0.6 is 0 Å². The zero-order valence-corrected chi connectivity index (χ0v) is 15.3. The van der Waals surface area contributed by atoms with E-state index >= 15 is 0 Å². The van der Waals surface area contributed by atoms with Gasteiger partial charge < -0.3 is 21.4 Å². The lowest BCUT2D eigenvalue weighted by Gasteiger charge is -2.29. The Morgan fingerprint density at radius 3 is 2.54 bits per heavy atom. The van der Waals surface area contributed by atoms with Gasteiger partial charge in [0.05, 0.1) is 5.39 Å². The number of benzene rings is 1. The number of aromatic nitrogens is 3. The summed E-state index contributed by atoms with van der Waals surface area (Å²) < 4.78 is 2.17. The van der Waals surface area contributed by atoms with Crippen LogP contribution < -0.4 is 16.8 Å². The summed E-state index contributed by atoms with van der Waals surface area (Å²) in [7, 11) is 0. The zero-order valence-electron chi connectivity index (χ0n) is 15.3. The molecule has 0 aliphatic heterocycles. The number of nitrogen functional groups attached to an aromatic ring is 1. The Morgan fingerprint density at radius 1 is 1.18 bits per heavy atom. The molecule has 0 atom stereocenters. The summed E-state index contributed by atoms with van der Waals surface area (Å²) in [5, 5.41) is 12.5. The van der Waals surface area contributed by atoms with Gasteiger partial charge in [-0.2, -0.15) is 5.26 Å². The number of nitriles is 1. The Labute approximate surface area is 162 Å². The highest BCUT2D eigenvalue weighted by molar-refractivity contribution is 6.01. The van der Waals surface area contributed by atoms with Crippen LogP contribution in [0.3, 0.4) is 0 Å². The number of carbonyl (C=O) groups is 1. The summed E-state index contributed by atoms with van der Waals surface area (Å²) in [5.41, 5.74) is 14.7. The average molecular weight is 375 g/mol. The molecule has 142 valence electrons. The topological polar surface area (TPSA) is 136 Å². The monoisotopic (exact) mass is 375 g/mol. The number of carbonyl (C=O) groups excluding carboxylic acids is 1. The van der Waals surface area contributed by atoms with Crippen molar-refractivity contribution in [1.82, 2.24) is 19.9 Å². The molecule has 0 radical (unpaired) electrons. The maximum atomic E-state index is 11.4. The Hall–Kier alpha value is -3.60. The number of nitrogens with two attached hydrogens (primary N) is 2. The maximum absolute atomic E-state index is 11.4. The van der Waals surface area contributed by atoms with Crippen LogP contribution in [0.2, 0.25) is 0 Å². The van der Waals surface area contributed by atoms with E-state index in [1.807, 2.05) is 18.3 Å². The van der Waals surface area contributed by atoms with Crippen molar-refractivity contribution in [1.29, 1.82) is 5.26 Å². The van der Waals surface area contributed by atoms with Gasteiger partial charge in [-0.25, -0.2) is 9.97 Å². The Kier molecular flexibility index (Phi) is 4.57. The van der Waals surface area contributed by atoms with Gasteiger partial charge >= 0.3 is 0 Å². The van der Waals surface area contributed by atoms with Gasteiger partial charge in [0.15, 0.2) is 6.19 Å². The third-order valence-corrected chi connectivity index (χ3v) is 5.48. The van der Waals surface area contributed by atoms with Gasteiger partial charge in [0, 0.05) is 29.4 Å². The number of rotatable bonds is 4. The van der Waals surface area contributed by atoms with Crippen LogP contribution in [-0.4, -0.2) is 26.5 Å². The van der Waals surface area contributed by atoms with E-state index in [9.17, 15) is 4.79 Å². The minimum atomic E-state index is -0.459. The molecule has 1 fully saturated rings. The summed E-state index contributed by atoms with van der Waals surface area (Å²) >= 11 is 0. The summed E-state index contributed by atoms with van der Waals surface area (Å²) in [6.45, 7) is 0. The van der Waals surface area contributed by atoms with E-state index in [0.29, 0.717) is 11.4 Å². The van der Waals surface area contributed by atoms with Crippen LogP contribution in [0.1, 0.15) is 42.1 Å². The predicted octanol–water partition coefficient (Wildman–Crippen LogP) is 2.33. The second kappa shape index (κ2) is 7.19. The number of hydrogen-bond acceptors (Lipinski definition) is 6. The van der Waals surface area contributed by atoms with Crippen LogP contribution in [0.5, 0.6) is 0 Å². The normalized spacial score (nSPS) is 19.2. The molecule has 3 aromatic rings. The van der Waals surface area contributed by atoms with Gasteiger partial charge in [0.2, 0.25) is 5.91 Å². The van der Waals surface area contributed by atoms with Crippen molar-refractivity contribution in [3.63, 3.8) is 0 Å². The van der Waals surface area contributed by atoms with Crippen molar-refractivity contribution >= 4 is 22.8 Å². The average Bonchev–Trinajstić information content (AvgIpc) is 3.10. The third-order valence-electron chi connectivity index (χ3n) is 5.48. The highest BCUT2D eigenvalue weighted by Crippen LogP contribution is 2.38. The van der Waals surface area contributed by atoms with Crippen molar-refractivity contribution in [3.05, 3.63) is 42.4 Å². The molecule has 4 rings (SSSR count). The molecule has 28 heavy (non-hydrogen) atoms. The molecule has 1 aromatic carbocycles. The SMILES string of the molecule is N#CNC1CCC(n2cc(-c3ccc(C(N)=O)cc3)c3c(N)ncnc32)CC1. The van der Waals surface area contributed by atoms with Gasteiger partial charge in [-0.1, -0.05) is 12.1 Å². The fourth-order valence-corrected chi connectivity index (χ4v) is 4.01. The Bertz CT molecular complexity index is 1060. The van der Waals surface area contributed by atoms with E-state index in [-0.39, 0.29) is 12.1 Å². The van der Waals surface area contributed by atoms with Gasteiger partial charge in [0.25, 0.3) is 0 Å². The summed E-state index contributed by atoms with van der Waals surface area (Å²) in [6, 6.07) is 7.66. The van der Waals surface area contributed by atoms with E-state index in [2.05, 4.69) is 26.0 Å². The smallest absolute Gasteiger partial charge is 0.248 e. The number of nitrogens with zero attached hydrogens (tertiary/aromatic N) is 4. The molecule has 8 heteroatoms. The molecule has 1 saturated carbocycles. The molecule has 8 nitrogen and oxygen atoms in total. The predicted molar refractivity (Wildman–Crippen MR) is 106 cm³/mol. The van der Waals surface area contributed by atoms with Gasteiger partial charge in [-0.05, 0) is 43.4 Å². The quantitative estimate of drug-likeness (QED) is 0.473. The fourth-order valence-electron chi connectivity index (χ4n) is 4.01. The van der Waals surface area contributed by atoms with Crippen molar-refractivity contribution in [2.75, 3.05) is 5.73 Å². The summed E-state index contributed by atoms with van der Waals surface area (Å²) in [6.07, 6.45) is 9.36. The van der Waals surface area contributed by atoms with Crippen molar-refractivity contribution < 1.29 is 4.79 Å². The van der Waals surface area contributed by atoms with Crippen LogP contribution in [0.25, 0.3) is 22.2 Å². The molecule has 1 amide bonds. The number of amides is 1. The molecular formula is C20H21N7O. The van der Waals surface area contributed by atoms with E-state index < -0.39 is 5.91 Å². The molecule has 1 aliphatic rings. The van der Waals surface area contributed by atoms with E-state index in [1.54, 1.807) is 12.1 Å². The maximum Gasteiger partial charge on any atom is 0.248 e. The number of anilines is 1. The summed E-state index contributed by atoms with van der Waals surface area (Å²) in [4.78, 5) is 20.0. The van der Waals surface area contributed by atoms with E-state index in [0.717, 1.165) is 47.8 Å². The first kappa shape index (κ1) is 17.8. The molecule has 1 aliphatic carbocycles. The van der Waals surface area contributed by atoms with Gasteiger partial charge in [-0.3, -0.25) is 4.79 Å². The first-order valence-corrected chi connectivity index (χ1v) is 9.24. The lowest BCUT2D eigenvalue weighted by molar-refractivity contribution is 0.100. The van der Waals surface area contributed by atoms with Crippen LogP contribution in [0, 0.1) is 11.5 Å². The van der Waals surface area contributed by atoms with E-state index in [4.69, 9.17) is 16.7 Å². The zero-order chi connectivity index (χ0) is 19.7. The lowest BCUT2D eigenvalue weighted by atomic mass is 9.91. The molecule has 0 unspecified atom stereocenters. The molecule has 5 N–H and O–H groups in total. The van der Waals surface area contributed by atoms with Gasteiger partial charge in [-0.15, -0.1) is 0 Å².